The minimum absolute atomic E-state index is 0.0232. The number of amides is 1. The lowest BCUT2D eigenvalue weighted by Crippen LogP contribution is -2.31. The fraction of sp³-hybridized carbons (Fsp3) is 0.533. The van der Waals surface area contributed by atoms with E-state index in [9.17, 15) is 4.79 Å². The van der Waals surface area contributed by atoms with Gasteiger partial charge in [0.1, 0.15) is 5.75 Å². The molecule has 2 rings (SSSR count). The number of benzene rings is 1. The summed E-state index contributed by atoms with van der Waals surface area (Å²) in [6.07, 6.45) is 3.03. The smallest absolute Gasteiger partial charge is 0.258 e. The van der Waals surface area contributed by atoms with Gasteiger partial charge in [-0.2, -0.15) is 0 Å². The third kappa shape index (κ3) is 3.71. The predicted molar refractivity (Wildman–Crippen MR) is 76.7 cm³/mol. The number of rotatable bonds is 6. The Bertz CT molecular complexity index is 462. The van der Waals surface area contributed by atoms with E-state index in [4.69, 9.17) is 15.2 Å². The number of ether oxygens (including phenoxy) is 2. The van der Waals surface area contributed by atoms with Gasteiger partial charge in [0, 0.05) is 19.7 Å². The molecule has 1 aromatic carbocycles. The van der Waals surface area contributed by atoms with Crippen molar-refractivity contribution in [3.8, 4) is 5.75 Å². The maximum absolute atomic E-state index is 11.6. The molecule has 110 valence electrons. The van der Waals surface area contributed by atoms with Gasteiger partial charge in [0.05, 0.1) is 6.61 Å². The van der Waals surface area contributed by atoms with Crippen LogP contribution in [0.5, 0.6) is 5.75 Å². The Morgan fingerprint density at radius 1 is 1.50 bits per heavy atom. The van der Waals surface area contributed by atoms with E-state index in [0.717, 1.165) is 36.1 Å². The lowest BCUT2D eigenvalue weighted by Gasteiger charge is -2.24. The summed E-state index contributed by atoms with van der Waals surface area (Å²) >= 11 is 0. The molecule has 5 heteroatoms. The quantitative estimate of drug-likeness (QED) is 0.766. The molecular formula is C15H22N2O3. The van der Waals surface area contributed by atoms with E-state index in [0.29, 0.717) is 13.2 Å². The van der Waals surface area contributed by atoms with Crippen molar-refractivity contribution in [1.82, 2.24) is 5.32 Å². The Morgan fingerprint density at radius 2 is 2.35 bits per heavy atom. The SMILES string of the molecule is COCCNC(=O)COc1cccc2c1CCCC2N. The average Bonchev–Trinajstić information content (AvgIpc) is 2.46. The van der Waals surface area contributed by atoms with Crippen molar-refractivity contribution in [3.05, 3.63) is 29.3 Å². The summed E-state index contributed by atoms with van der Waals surface area (Å²) in [5.41, 5.74) is 8.40. The molecule has 0 radical (unpaired) electrons. The van der Waals surface area contributed by atoms with E-state index in [2.05, 4.69) is 5.32 Å². The van der Waals surface area contributed by atoms with Gasteiger partial charge in [-0.15, -0.1) is 0 Å². The van der Waals surface area contributed by atoms with Crippen molar-refractivity contribution in [2.45, 2.75) is 25.3 Å². The molecule has 0 saturated heterocycles. The molecule has 0 aromatic heterocycles. The first kappa shape index (κ1) is 14.8. The van der Waals surface area contributed by atoms with Crippen LogP contribution in [-0.4, -0.2) is 32.8 Å². The maximum atomic E-state index is 11.6. The Labute approximate surface area is 119 Å². The number of nitrogens with one attached hydrogen (secondary N) is 1. The van der Waals surface area contributed by atoms with Crippen molar-refractivity contribution < 1.29 is 14.3 Å². The van der Waals surface area contributed by atoms with Crippen LogP contribution >= 0.6 is 0 Å². The molecule has 1 atom stereocenters. The summed E-state index contributed by atoms with van der Waals surface area (Å²) in [7, 11) is 1.60. The molecule has 5 nitrogen and oxygen atoms in total. The standard InChI is InChI=1S/C15H22N2O3/c1-19-9-8-17-15(18)10-20-14-7-3-4-11-12(14)5-2-6-13(11)16/h3-4,7,13H,2,5-6,8-10,16H2,1H3,(H,17,18). The van der Waals surface area contributed by atoms with Crippen molar-refractivity contribution in [1.29, 1.82) is 0 Å². The van der Waals surface area contributed by atoms with Crippen molar-refractivity contribution in [3.63, 3.8) is 0 Å². The molecule has 1 aliphatic carbocycles. The van der Waals surface area contributed by atoms with Crippen molar-refractivity contribution >= 4 is 5.91 Å². The van der Waals surface area contributed by atoms with Crippen LogP contribution in [0.1, 0.15) is 30.0 Å². The van der Waals surface area contributed by atoms with E-state index < -0.39 is 0 Å². The molecule has 0 fully saturated rings. The second-order valence-electron chi connectivity index (χ2n) is 4.95. The summed E-state index contributed by atoms with van der Waals surface area (Å²) in [6.45, 7) is 1.02. The highest BCUT2D eigenvalue weighted by molar-refractivity contribution is 5.77. The van der Waals surface area contributed by atoms with Gasteiger partial charge in [0.15, 0.2) is 6.61 Å². The number of methoxy groups -OCH3 is 1. The molecule has 3 N–H and O–H groups in total. The highest BCUT2D eigenvalue weighted by Gasteiger charge is 2.20. The van der Waals surface area contributed by atoms with Crippen LogP contribution in [0.4, 0.5) is 0 Å². The van der Waals surface area contributed by atoms with Gasteiger partial charge < -0.3 is 20.5 Å². The van der Waals surface area contributed by atoms with Gasteiger partial charge >= 0.3 is 0 Å². The zero-order valence-corrected chi connectivity index (χ0v) is 11.9. The molecule has 1 unspecified atom stereocenters. The third-order valence-electron chi connectivity index (χ3n) is 3.50. The van der Waals surface area contributed by atoms with Gasteiger partial charge in [-0.1, -0.05) is 12.1 Å². The summed E-state index contributed by atoms with van der Waals surface area (Å²) in [5, 5.41) is 2.73. The van der Waals surface area contributed by atoms with E-state index in [1.54, 1.807) is 7.11 Å². The number of fused-ring (bicyclic) bond motifs is 1. The lowest BCUT2D eigenvalue weighted by atomic mass is 9.88. The molecule has 0 heterocycles. The zero-order chi connectivity index (χ0) is 14.4. The Kier molecular flexibility index (Phi) is 5.38. The molecule has 1 amide bonds. The topological polar surface area (TPSA) is 73.6 Å². The first-order chi connectivity index (χ1) is 9.72. The Balaban J connectivity index is 1.93. The summed E-state index contributed by atoms with van der Waals surface area (Å²) < 4.78 is 10.5. The van der Waals surface area contributed by atoms with Crippen LogP contribution in [0, 0.1) is 0 Å². The second kappa shape index (κ2) is 7.26. The predicted octanol–water partition coefficient (Wildman–Crippen LogP) is 1.16. The van der Waals surface area contributed by atoms with Crippen LogP contribution in [0.25, 0.3) is 0 Å². The van der Waals surface area contributed by atoms with Gasteiger partial charge in [-0.25, -0.2) is 0 Å². The van der Waals surface area contributed by atoms with E-state index in [1.807, 2.05) is 18.2 Å². The lowest BCUT2D eigenvalue weighted by molar-refractivity contribution is -0.123. The number of nitrogens with two attached hydrogens (primary N) is 1. The molecular weight excluding hydrogens is 256 g/mol. The average molecular weight is 278 g/mol. The molecule has 1 aliphatic rings. The first-order valence-electron chi connectivity index (χ1n) is 6.98. The molecule has 0 spiro atoms. The molecule has 0 aliphatic heterocycles. The normalized spacial score (nSPS) is 17.4. The van der Waals surface area contributed by atoms with Gasteiger partial charge in [-0.3, -0.25) is 4.79 Å². The van der Waals surface area contributed by atoms with E-state index in [-0.39, 0.29) is 18.6 Å². The van der Waals surface area contributed by atoms with Crippen LogP contribution in [0.15, 0.2) is 18.2 Å². The van der Waals surface area contributed by atoms with Crippen molar-refractivity contribution in [2.75, 3.05) is 26.9 Å². The summed E-state index contributed by atoms with van der Waals surface area (Å²) in [4.78, 5) is 11.6. The highest BCUT2D eigenvalue weighted by Crippen LogP contribution is 2.33. The Hall–Kier alpha value is -1.59. The number of carbonyl (C=O) groups excluding carboxylic acids is 1. The maximum Gasteiger partial charge on any atom is 0.258 e. The Morgan fingerprint density at radius 3 is 3.15 bits per heavy atom. The summed E-state index contributed by atoms with van der Waals surface area (Å²) in [5.74, 6) is 0.638. The van der Waals surface area contributed by atoms with Crippen LogP contribution in [-0.2, 0) is 16.0 Å². The summed E-state index contributed by atoms with van der Waals surface area (Å²) in [6, 6.07) is 5.96. The van der Waals surface area contributed by atoms with Crippen LogP contribution in [0.2, 0.25) is 0 Å². The minimum atomic E-state index is -0.139. The number of hydrogen-bond donors (Lipinski definition) is 2. The first-order valence-corrected chi connectivity index (χ1v) is 6.98. The molecule has 1 aromatic rings. The molecule has 0 saturated carbocycles. The number of carbonyl (C=O) groups is 1. The molecule has 20 heavy (non-hydrogen) atoms. The number of hydrogen-bond acceptors (Lipinski definition) is 4. The third-order valence-corrected chi connectivity index (χ3v) is 3.50. The van der Waals surface area contributed by atoms with E-state index in [1.165, 1.54) is 0 Å². The van der Waals surface area contributed by atoms with Crippen molar-refractivity contribution in [2.24, 2.45) is 5.73 Å². The van der Waals surface area contributed by atoms with Crippen LogP contribution < -0.4 is 15.8 Å². The minimum Gasteiger partial charge on any atom is -0.483 e. The van der Waals surface area contributed by atoms with E-state index >= 15 is 0 Å². The monoisotopic (exact) mass is 278 g/mol. The van der Waals surface area contributed by atoms with Gasteiger partial charge in [0.2, 0.25) is 0 Å². The largest absolute Gasteiger partial charge is 0.483 e. The van der Waals surface area contributed by atoms with Gasteiger partial charge in [0.25, 0.3) is 5.91 Å². The molecule has 0 bridgehead atoms. The zero-order valence-electron chi connectivity index (χ0n) is 11.9. The van der Waals surface area contributed by atoms with Gasteiger partial charge in [-0.05, 0) is 36.5 Å². The fourth-order valence-corrected chi connectivity index (χ4v) is 2.47. The van der Waals surface area contributed by atoms with Crippen LogP contribution in [0.3, 0.4) is 0 Å². The highest BCUT2D eigenvalue weighted by atomic mass is 16.5. The second-order valence-corrected chi connectivity index (χ2v) is 4.95. The fourth-order valence-electron chi connectivity index (χ4n) is 2.47.